The zero-order valence-electron chi connectivity index (χ0n) is 16.1. The molecule has 0 bridgehead atoms. The van der Waals surface area contributed by atoms with Crippen LogP contribution in [0.15, 0.2) is 41.6 Å². The summed E-state index contributed by atoms with van der Waals surface area (Å²) in [5.41, 5.74) is 3.09. The summed E-state index contributed by atoms with van der Waals surface area (Å²) in [6.07, 6.45) is 12.4. The number of nitrogens with one attached hydrogen (secondary N) is 1. The normalized spacial score (nSPS) is 23.1. The number of hydrogen-bond donors (Lipinski definition) is 1. The lowest BCUT2D eigenvalue weighted by molar-refractivity contribution is -0.125. The Hall–Kier alpha value is -2.80. The SMILES string of the molecule is O=C(/C=C/c1cnc2c(c1)CC1(CN2)CC1=O)N1CC=C(Cc2nccs2)CC1. The van der Waals surface area contributed by atoms with Gasteiger partial charge in [0.1, 0.15) is 11.6 Å². The summed E-state index contributed by atoms with van der Waals surface area (Å²) in [4.78, 5) is 34.9. The van der Waals surface area contributed by atoms with Gasteiger partial charge in [0.05, 0.1) is 10.4 Å². The number of hydrogen-bond acceptors (Lipinski definition) is 6. The van der Waals surface area contributed by atoms with Gasteiger partial charge in [-0.25, -0.2) is 9.97 Å². The van der Waals surface area contributed by atoms with E-state index in [4.69, 9.17) is 0 Å². The quantitative estimate of drug-likeness (QED) is 0.624. The van der Waals surface area contributed by atoms with Crippen molar-refractivity contribution >= 4 is 34.9 Å². The van der Waals surface area contributed by atoms with Crippen molar-refractivity contribution < 1.29 is 9.59 Å². The third-order valence-corrected chi connectivity index (χ3v) is 6.75. The van der Waals surface area contributed by atoms with Crippen molar-refractivity contribution in [1.82, 2.24) is 14.9 Å². The number of nitrogens with zero attached hydrogens (tertiary/aromatic N) is 3. The average molecular weight is 407 g/mol. The third kappa shape index (κ3) is 3.74. The molecule has 1 aliphatic carbocycles. The van der Waals surface area contributed by atoms with Gasteiger partial charge in [-0.05, 0) is 36.1 Å². The molecule has 7 heteroatoms. The Bertz CT molecular complexity index is 1030. The Labute approximate surface area is 173 Å². The average Bonchev–Trinajstić information content (AvgIpc) is 3.11. The van der Waals surface area contributed by atoms with Gasteiger partial charge >= 0.3 is 0 Å². The van der Waals surface area contributed by atoms with Gasteiger partial charge in [0.15, 0.2) is 0 Å². The van der Waals surface area contributed by atoms with Crippen molar-refractivity contribution in [3.8, 4) is 0 Å². The fourth-order valence-electron chi connectivity index (χ4n) is 4.06. The monoisotopic (exact) mass is 406 g/mol. The lowest BCUT2D eigenvalue weighted by Gasteiger charge is -2.25. The van der Waals surface area contributed by atoms with Crippen LogP contribution in [0.25, 0.3) is 6.08 Å². The molecule has 1 atom stereocenters. The van der Waals surface area contributed by atoms with Crippen LogP contribution in [0.1, 0.15) is 29.0 Å². The van der Waals surface area contributed by atoms with E-state index in [1.807, 2.05) is 28.6 Å². The molecule has 3 aliphatic rings. The Kier molecular flexibility index (Phi) is 4.54. The van der Waals surface area contributed by atoms with Crippen molar-refractivity contribution in [1.29, 1.82) is 0 Å². The van der Waals surface area contributed by atoms with Crippen molar-refractivity contribution in [2.45, 2.75) is 25.7 Å². The first-order chi connectivity index (χ1) is 14.1. The molecule has 1 amide bonds. The van der Waals surface area contributed by atoms with Gasteiger partial charge in [0, 0.05) is 56.3 Å². The molecular weight excluding hydrogens is 384 g/mol. The maximum Gasteiger partial charge on any atom is 0.246 e. The van der Waals surface area contributed by atoms with Crippen LogP contribution in [0.4, 0.5) is 5.82 Å². The van der Waals surface area contributed by atoms with E-state index in [1.54, 1.807) is 23.6 Å². The number of aromatic nitrogens is 2. The lowest BCUT2D eigenvalue weighted by atomic mass is 9.92. The number of carbonyl (C=O) groups is 2. The summed E-state index contributed by atoms with van der Waals surface area (Å²) in [6.45, 7) is 2.06. The van der Waals surface area contributed by atoms with Crippen LogP contribution in [0.5, 0.6) is 0 Å². The number of Topliss-reactive ketones (excluding diaryl/α,β-unsaturated/α-hetero) is 1. The molecule has 1 spiro atoms. The minimum Gasteiger partial charge on any atom is -0.369 e. The number of fused-ring (bicyclic) bond motifs is 1. The standard InChI is InChI=1S/C22H22N4O2S/c27-18-12-22(18)11-17-9-16(13-24-21(17)25-14-22)1-2-20(28)26-6-3-15(4-7-26)10-19-23-5-8-29-19/h1-3,5,8-9,13H,4,6-7,10-12,14H2,(H,24,25)/b2-1+. The maximum atomic E-state index is 12.6. The minimum absolute atomic E-state index is 0.0132. The molecule has 2 aromatic heterocycles. The summed E-state index contributed by atoms with van der Waals surface area (Å²) >= 11 is 1.67. The molecule has 2 aliphatic heterocycles. The fraction of sp³-hybridized carbons (Fsp3) is 0.364. The topological polar surface area (TPSA) is 75.2 Å². The highest BCUT2D eigenvalue weighted by Crippen LogP contribution is 2.47. The number of carbonyl (C=O) groups excluding carboxylic acids is 2. The molecule has 0 aromatic carbocycles. The molecule has 1 saturated carbocycles. The van der Waals surface area contributed by atoms with E-state index in [0.717, 1.165) is 47.8 Å². The van der Waals surface area contributed by atoms with Gasteiger partial charge in [-0.15, -0.1) is 11.3 Å². The van der Waals surface area contributed by atoms with Crippen LogP contribution in [-0.2, 0) is 22.4 Å². The molecule has 1 N–H and O–H groups in total. The van der Waals surface area contributed by atoms with E-state index in [-0.39, 0.29) is 11.3 Å². The largest absolute Gasteiger partial charge is 0.369 e. The predicted octanol–water partition coefficient (Wildman–Crippen LogP) is 2.88. The predicted molar refractivity (Wildman–Crippen MR) is 113 cm³/mol. The summed E-state index contributed by atoms with van der Waals surface area (Å²) in [7, 11) is 0. The van der Waals surface area contributed by atoms with Gasteiger partial charge in [0.25, 0.3) is 0 Å². The highest BCUT2D eigenvalue weighted by molar-refractivity contribution is 7.09. The lowest BCUT2D eigenvalue weighted by Crippen LogP contribution is -2.33. The van der Waals surface area contributed by atoms with E-state index in [0.29, 0.717) is 25.3 Å². The van der Waals surface area contributed by atoms with Gasteiger partial charge in [0.2, 0.25) is 5.91 Å². The number of ketones is 1. The number of amides is 1. The number of anilines is 1. The Balaban J connectivity index is 1.21. The molecule has 29 heavy (non-hydrogen) atoms. The molecule has 1 unspecified atom stereocenters. The first-order valence-electron chi connectivity index (χ1n) is 9.91. The van der Waals surface area contributed by atoms with Gasteiger partial charge in [-0.2, -0.15) is 0 Å². The minimum atomic E-state index is -0.205. The molecule has 0 saturated heterocycles. The number of pyridine rings is 1. The zero-order valence-corrected chi connectivity index (χ0v) is 16.9. The van der Waals surface area contributed by atoms with Gasteiger partial charge in [-0.3, -0.25) is 9.59 Å². The van der Waals surface area contributed by atoms with E-state index < -0.39 is 0 Å². The van der Waals surface area contributed by atoms with Crippen LogP contribution in [0.2, 0.25) is 0 Å². The summed E-state index contributed by atoms with van der Waals surface area (Å²) in [6, 6.07) is 2.04. The highest BCUT2D eigenvalue weighted by Gasteiger charge is 2.55. The fourth-order valence-corrected chi connectivity index (χ4v) is 4.73. The Morgan fingerprint density at radius 3 is 2.97 bits per heavy atom. The van der Waals surface area contributed by atoms with Gasteiger partial charge < -0.3 is 10.2 Å². The van der Waals surface area contributed by atoms with Crippen LogP contribution in [0.3, 0.4) is 0 Å². The summed E-state index contributed by atoms with van der Waals surface area (Å²) < 4.78 is 0. The second-order valence-electron chi connectivity index (χ2n) is 8.02. The molecular formula is C22H22N4O2S. The van der Waals surface area contributed by atoms with E-state index in [9.17, 15) is 9.59 Å². The molecule has 6 nitrogen and oxygen atoms in total. The smallest absolute Gasteiger partial charge is 0.246 e. The van der Waals surface area contributed by atoms with Crippen molar-refractivity contribution in [3.63, 3.8) is 0 Å². The number of rotatable bonds is 4. The second-order valence-corrected chi connectivity index (χ2v) is 9.00. The Morgan fingerprint density at radius 1 is 1.34 bits per heavy atom. The highest BCUT2D eigenvalue weighted by atomic mass is 32.1. The van der Waals surface area contributed by atoms with Gasteiger partial charge in [-0.1, -0.05) is 11.6 Å². The van der Waals surface area contributed by atoms with Crippen molar-refractivity contribution in [3.05, 3.63) is 57.7 Å². The maximum absolute atomic E-state index is 12.6. The molecule has 2 aromatic rings. The van der Waals surface area contributed by atoms with Crippen LogP contribution >= 0.6 is 11.3 Å². The molecule has 148 valence electrons. The van der Waals surface area contributed by atoms with E-state index in [1.165, 1.54) is 5.57 Å². The van der Waals surface area contributed by atoms with E-state index in [2.05, 4.69) is 21.4 Å². The van der Waals surface area contributed by atoms with Crippen LogP contribution in [0, 0.1) is 5.41 Å². The molecule has 1 fully saturated rings. The summed E-state index contributed by atoms with van der Waals surface area (Å²) in [5.74, 6) is 1.20. The Morgan fingerprint density at radius 2 is 2.24 bits per heavy atom. The molecule has 5 rings (SSSR count). The molecule has 0 radical (unpaired) electrons. The first-order valence-corrected chi connectivity index (χ1v) is 10.8. The second kappa shape index (κ2) is 7.22. The molecule has 4 heterocycles. The van der Waals surface area contributed by atoms with Crippen LogP contribution < -0.4 is 5.32 Å². The zero-order chi connectivity index (χ0) is 19.8. The van der Waals surface area contributed by atoms with E-state index >= 15 is 0 Å². The number of thiazole rings is 1. The first kappa shape index (κ1) is 18.2. The van der Waals surface area contributed by atoms with Crippen LogP contribution in [-0.4, -0.2) is 46.2 Å². The third-order valence-electron chi connectivity index (χ3n) is 5.97. The van der Waals surface area contributed by atoms with Crippen molar-refractivity contribution in [2.75, 3.05) is 25.0 Å². The summed E-state index contributed by atoms with van der Waals surface area (Å²) in [5, 5.41) is 6.39. The van der Waals surface area contributed by atoms with Crippen molar-refractivity contribution in [2.24, 2.45) is 5.41 Å².